The predicted molar refractivity (Wildman–Crippen MR) is 145 cm³/mol. The van der Waals surface area contributed by atoms with Gasteiger partial charge in [0.2, 0.25) is 11.9 Å². The van der Waals surface area contributed by atoms with Gasteiger partial charge in [-0.25, -0.2) is 4.98 Å². The van der Waals surface area contributed by atoms with Crippen molar-refractivity contribution in [2.45, 2.75) is 64.5 Å². The van der Waals surface area contributed by atoms with E-state index in [-0.39, 0.29) is 5.91 Å². The number of fused-ring (bicyclic) bond motifs is 1. The van der Waals surface area contributed by atoms with Gasteiger partial charge < -0.3 is 25.2 Å². The highest BCUT2D eigenvalue weighted by Crippen LogP contribution is 2.40. The Morgan fingerprint density at radius 1 is 1.17 bits per heavy atom. The summed E-state index contributed by atoms with van der Waals surface area (Å²) < 4.78 is 5.46. The minimum atomic E-state index is -0.502. The van der Waals surface area contributed by atoms with Crippen LogP contribution >= 0.6 is 0 Å². The lowest BCUT2D eigenvalue weighted by atomic mass is 9.91. The van der Waals surface area contributed by atoms with Gasteiger partial charge in [0, 0.05) is 50.3 Å². The molecule has 8 heteroatoms. The van der Waals surface area contributed by atoms with Crippen LogP contribution in [0, 0.1) is 5.41 Å². The molecule has 2 N–H and O–H groups in total. The first-order valence-electron chi connectivity index (χ1n) is 13.1. The third-order valence-corrected chi connectivity index (χ3v) is 7.66. The molecule has 1 aromatic carbocycles. The van der Waals surface area contributed by atoms with Gasteiger partial charge in [-0.05, 0) is 57.2 Å². The average molecular weight is 491 g/mol. The van der Waals surface area contributed by atoms with Crippen LogP contribution in [0.1, 0.15) is 57.9 Å². The molecule has 1 aliphatic carbocycles. The number of rotatable bonds is 6. The maximum Gasteiger partial charge on any atom is 0.234 e. The number of ether oxygens (including phenoxy) is 1. The van der Waals surface area contributed by atoms with Crippen molar-refractivity contribution in [1.29, 1.82) is 0 Å². The number of hydrogen-bond acceptors (Lipinski definition) is 7. The molecule has 8 nitrogen and oxygen atoms in total. The molecule has 5 rings (SSSR count). The second-order valence-corrected chi connectivity index (χ2v) is 10.9. The molecule has 2 aliphatic heterocycles. The number of carbonyl (C=O) groups excluding carboxylic acids is 1. The van der Waals surface area contributed by atoms with Crippen LogP contribution in [0.2, 0.25) is 0 Å². The van der Waals surface area contributed by atoms with E-state index in [1.165, 1.54) is 12.8 Å². The average Bonchev–Trinajstić information content (AvgIpc) is 3.40. The molecule has 36 heavy (non-hydrogen) atoms. The predicted octanol–water partition coefficient (Wildman–Crippen LogP) is 4.71. The third-order valence-electron chi connectivity index (χ3n) is 7.66. The number of benzene rings is 1. The molecule has 2 fully saturated rings. The van der Waals surface area contributed by atoms with E-state index in [1.54, 1.807) is 11.1 Å². The van der Waals surface area contributed by atoms with Crippen LogP contribution in [-0.4, -0.2) is 54.8 Å². The Kier molecular flexibility index (Phi) is 6.88. The Hall–Kier alpha value is -3.13. The summed E-state index contributed by atoms with van der Waals surface area (Å²) in [5.41, 5.74) is 3.10. The van der Waals surface area contributed by atoms with Crippen molar-refractivity contribution in [2.75, 3.05) is 41.9 Å². The number of aromatic nitrogens is 2. The van der Waals surface area contributed by atoms with Crippen molar-refractivity contribution in [2.24, 2.45) is 5.41 Å². The lowest BCUT2D eigenvalue weighted by molar-refractivity contribution is -0.125. The highest BCUT2D eigenvalue weighted by atomic mass is 16.5. The summed E-state index contributed by atoms with van der Waals surface area (Å²) in [6.45, 7) is 10.5. The molecule has 192 valence electrons. The smallest absolute Gasteiger partial charge is 0.234 e. The zero-order chi connectivity index (χ0) is 25.3. The van der Waals surface area contributed by atoms with Gasteiger partial charge in [-0.15, -0.1) is 0 Å². The molecule has 2 aromatic rings. The number of carbonyl (C=O) groups is 1. The zero-order valence-corrected chi connectivity index (χ0v) is 21.7. The van der Waals surface area contributed by atoms with E-state index < -0.39 is 5.41 Å². The Bertz CT molecular complexity index is 1120. The van der Waals surface area contributed by atoms with Crippen molar-refractivity contribution in [3.8, 4) is 0 Å². The second-order valence-electron chi connectivity index (χ2n) is 10.9. The zero-order valence-electron chi connectivity index (χ0n) is 21.7. The first-order valence-corrected chi connectivity index (χ1v) is 13.1. The normalized spacial score (nSPS) is 20.7. The summed E-state index contributed by atoms with van der Waals surface area (Å²) in [5.74, 6) is 1.46. The number of hydrogen-bond donors (Lipinski definition) is 2. The van der Waals surface area contributed by atoms with Crippen molar-refractivity contribution >= 4 is 34.7 Å². The quantitative estimate of drug-likeness (QED) is 0.607. The third kappa shape index (κ3) is 5.05. The first kappa shape index (κ1) is 24.6. The molecular weight excluding hydrogens is 452 g/mol. The largest absolute Gasteiger partial charge is 0.382 e. The first-order chi connectivity index (χ1) is 17.3. The molecule has 1 amide bonds. The fraction of sp³-hybridized carbons (Fsp3) is 0.536. The fourth-order valence-electron chi connectivity index (χ4n) is 5.61. The summed E-state index contributed by atoms with van der Waals surface area (Å²) >= 11 is 0. The van der Waals surface area contributed by atoms with E-state index in [9.17, 15) is 4.79 Å². The van der Waals surface area contributed by atoms with Crippen molar-refractivity contribution < 1.29 is 9.53 Å². The van der Waals surface area contributed by atoms with Crippen LogP contribution in [-0.2, 0) is 9.53 Å². The van der Waals surface area contributed by atoms with E-state index in [0.717, 1.165) is 67.4 Å². The van der Waals surface area contributed by atoms with Gasteiger partial charge >= 0.3 is 0 Å². The molecule has 1 aromatic heterocycles. The molecule has 0 unspecified atom stereocenters. The molecule has 1 saturated carbocycles. The molecule has 0 bridgehead atoms. The topological polar surface area (TPSA) is 82.6 Å². The van der Waals surface area contributed by atoms with E-state index in [4.69, 9.17) is 9.72 Å². The number of nitrogens with one attached hydrogen (secondary N) is 2. The summed E-state index contributed by atoms with van der Waals surface area (Å²) in [5, 5.41) is 6.94. The van der Waals surface area contributed by atoms with Crippen LogP contribution in [0.3, 0.4) is 0 Å². The van der Waals surface area contributed by atoms with Gasteiger partial charge in [-0.3, -0.25) is 4.79 Å². The Balaban J connectivity index is 1.39. The molecule has 1 saturated heterocycles. The number of amides is 1. The van der Waals surface area contributed by atoms with Crippen LogP contribution in [0.4, 0.5) is 23.1 Å². The van der Waals surface area contributed by atoms with E-state index in [1.807, 2.05) is 33.0 Å². The van der Waals surface area contributed by atoms with Crippen molar-refractivity contribution in [3.63, 3.8) is 0 Å². The maximum absolute atomic E-state index is 13.2. The Morgan fingerprint density at radius 3 is 2.67 bits per heavy atom. The number of anilines is 4. The lowest BCUT2D eigenvalue weighted by Crippen LogP contribution is -2.45. The SMILES string of the molecule is C=C(NC1CCOCC1)c1cccc(Nc2ncc3c(n2)N(C2CCCC2)CC(C)(C)C(=O)N3C)c1. The van der Waals surface area contributed by atoms with Gasteiger partial charge in [-0.2, -0.15) is 4.98 Å². The van der Waals surface area contributed by atoms with Gasteiger partial charge in [0.1, 0.15) is 5.69 Å². The van der Waals surface area contributed by atoms with Crippen LogP contribution < -0.4 is 20.4 Å². The summed E-state index contributed by atoms with van der Waals surface area (Å²) in [6.07, 6.45) is 8.46. The summed E-state index contributed by atoms with van der Waals surface area (Å²) in [7, 11) is 1.83. The molecule has 3 heterocycles. The molecule has 0 spiro atoms. The standard InChI is InChI=1S/C28H38N6O2/c1-19(30-21-12-14-36-15-13-21)20-8-7-9-22(16-20)31-27-29-17-24-25(32-27)34(23-10-5-6-11-23)18-28(2,3)26(35)33(24)4/h7-9,16-17,21,23,30H,1,5-6,10-15,18H2,2-4H3,(H,29,31,32). The highest BCUT2D eigenvalue weighted by molar-refractivity contribution is 6.00. The van der Waals surface area contributed by atoms with Gasteiger partial charge in [0.05, 0.1) is 11.6 Å². The van der Waals surface area contributed by atoms with E-state index >= 15 is 0 Å². The fourth-order valence-corrected chi connectivity index (χ4v) is 5.61. The molecule has 0 atom stereocenters. The van der Waals surface area contributed by atoms with Crippen molar-refractivity contribution in [1.82, 2.24) is 15.3 Å². The second kappa shape index (κ2) is 10.1. The minimum Gasteiger partial charge on any atom is -0.382 e. The van der Waals surface area contributed by atoms with E-state index in [2.05, 4.69) is 39.2 Å². The minimum absolute atomic E-state index is 0.0943. The van der Waals surface area contributed by atoms with Crippen LogP contribution in [0.25, 0.3) is 5.70 Å². The molecule has 0 radical (unpaired) electrons. The Labute approximate surface area is 214 Å². The summed E-state index contributed by atoms with van der Waals surface area (Å²) in [4.78, 5) is 26.9. The monoisotopic (exact) mass is 490 g/mol. The van der Waals surface area contributed by atoms with Crippen LogP contribution in [0.15, 0.2) is 37.0 Å². The molecular formula is C28H38N6O2. The van der Waals surface area contributed by atoms with Crippen molar-refractivity contribution in [3.05, 3.63) is 42.6 Å². The van der Waals surface area contributed by atoms with Gasteiger partial charge in [-0.1, -0.05) is 31.6 Å². The van der Waals surface area contributed by atoms with E-state index in [0.29, 0.717) is 24.6 Å². The summed E-state index contributed by atoms with van der Waals surface area (Å²) in [6, 6.07) is 8.93. The lowest BCUT2D eigenvalue weighted by Gasteiger charge is -2.34. The van der Waals surface area contributed by atoms with Crippen LogP contribution in [0.5, 0.6) is 0 Å². The van der Waals surface area contributed by atoms with Gasteiger partial charge in [0.15, 0.2) is 5.82 Å². The van der Waals surface area contributed by atoms with Gasteiger partial charge in [0.25, 0.3) is 0 Å². The Morgan fingerprint density at radius 2 is 1.92 bits per heavy atom. The maximum atomic E-state index is 13.2. The molecule has 3 aliphatic rings. The number of nitrogens with zero attached hydrogens (tertiary/aromatic N) is 4. The highest BCUT2D eigenvalue weighted by Gasteiger charge is 2.41.